The molecule has 2 rings (SSSR count). The van der Waals surface area contributed by atoms with Gasteiger partial charge in [-0.1, -0.05) is 6.42 Å². The summed E-state index contributed by atoms with van der Waals surface area (Å²) in [7, 11) is -3.36. The number of sulfonamides is 1. The highest BCUT2D eigenvalue weighted by Crippen LogP contribution is 2.19. The SMILES string of the molecule is C[C@@H]1CCCCN1S(=O)(=O)CCNC(=O)c1ccc(F)cc1. The summed E-state index contributed by atoms with van der Waals surface area (Å²) in [4.78, 5) is 11.8. The highest BCUT2D eigenvalue weighted by Gasteiger charge is 2.29. The van der Waals surface area contributed by atoms with E-state index < -0.39 is 21.7 Å². The molecule has 0 spiro atoms. The van der Waals surface area contributed by atoms with Crippen LogP contribution in [0.15, 0.2) is 24.3 Å². The van der Waals surface area contributed by atoms with Crippen LogP contribution >= 0.6 is 0 Å². The Kier molecular flexibility index (Phi) is 5.52. The lowest BCUT2D eigenvalue weighted by Gasteiger charge is -2.32. The molecular formula is C15H21FN2O3S. The van der Waals surface area contributed by atoms with Crippen molar-refractivity contribution < 1.29 is 17.6 Å². The topological polar surface area (TPSA) is 66.5 Å². The van der Waals surface area contributed by atoms with Crippen molar-refractivity contribution in [2.75, 3.05) is 18.8 Å². The summed E-state index contributed by atoms with van der Waals surface area (Å²) in [6, 6.07) is 5.14. The number of benzene rings is 1. The molecule has 1 heterocycles. The number of hydrogen-bond acceptors (Lipinski definition) is 3. The minimum Gasteiger partial charge on any atom is -0.351 e. The molecule has 1 N–H and O–H groups in total. The maximum atomic E-state index is 12.8. The zero-order valence-corrected chi connectivity index (χ0v) is 13.4. The van der Waals surface area contributed by atoms with Crippen molar-refractivity contribution in [2.24, 2.45) is 0 Å². The largest absolute Gasteiger partial charge is 0.351 e. The fourth-order valence-electron chi connectivity index (χ4n) is 2.60. The maximum absolute atomic E-state index is 12.8. The Labute approximate surface area is 130 Å². The predicted molar refractivity (Wildman–Crippen MR) is 82.5 cm³/mol. The molecule has 1 aromatic carbocycles. The van der Waals surface area contributed by atoms with Crippen molar-refractivity contribution in [3.8, 4) is 0 Å². The zero-order valence-electron chi connectivity index (χ0n) is 12.6. The Balaban J connectivity index is 1.87. The zero-order chi connectivity index (χ0) is 16.2. The molecule has 0 aromatic heterocycles. The van der Waals surface area contributed by atoms with Crippen LogP contribution in [0.5, 0.6) is 0 Å². The molecular weight excluding hydrogens is 307 g/mol. The average Bonchev–Trinajstić information content (AvgIpc) is 2.48. The molecule has 0 radical (unpaired) electrons. The van der Waals surface area contributed by atoms with Crippen LogP contribution in [0.25, 0.3) is 0 Å². The molecule has 1 saturated heterocycles. The molecule has 1 atom stereocenters. The second kappa shape index (κ2) is 7.19. The summed E-state index contributed by atoms with van der Waals surface area (Å²) >= 11 is 0. The van der Waals surface area contributed by atoms with Crippen LogP contribution in [0.3, 0.4) is 0 Å². The van der Waals surface area contributed by atoms with E-state index in [-0.39, 0.29) is 18.3 Å². The lowest BCUT2D eigenvalue weighted by Crippen LogP contribution is -2.45. The fourth-order valence-corrected chi connectivity index (χ4v) is 4.25. The first-order valence-corrected chi connectivity index (χ1v) is 9.04. The predicted octanol–water partition coefficient (Wildman–Crippen LogP) is 1.76. The van der Waals surface area contributed by atoms with Crippen molar-refractivity contribution in [3.63, 3.8) is 0 Å². The van der Waals surface area contributed by atoms with E-state index in [0.29, 0.717) is 12.1 Å². The van der Waals surface area contributed by atoms with Gasteiger partial charge in [0.25, 0.3) is 5.91 Å². The van der Waals surface area contributed by atoms with E-state index in [4.69, 9.17) is 0 Å². The number of nitrogens with one attached hydrogen (secondary N) is 1. The van der Waals surface area contributed by atoms with Gasteiger partial charge in [-0.25, -0.2) is 12.8 Å². The van der Waals surface area contributed by atoms with Crippen LogP contribution < -0.4 is 5.32 Å². The Morgan fingerprint density at radius 1 is 1.32 bits per heavy atom. The standard InChI is InChI=1S/C15H21FN2O3S/c1-12-4-2-3-10-18(12)22(20,21)11-9-17-15(19)13-5-7-14(16)8-6-13/h5-8,12H,2-4,9-11H2,1H3,(H,17,19)/t12-/m1/s1. The summed E-state index contributed by atoms with van der Waals surface area (Å²) in [5, 5.41) is 2.56. The van der Waals surface area contributed by atoms with Gasteiger partial charge in [0.05, 0.1) is 5.75 Å². The quantitative estimate of drug-likeness (QED) is 0.896. The molecule has 1 fully saturated rings. The smallest absolute Gasteiger partial charge is 0.251 e. The first kappa shape index (κ1) is 16.9. The summed E-state index contributed by atoms with van der Waals surface area (Å²) in [6.07, 6.45) is 2.81. The number of amides is 1. The number of carbonyl (C=O) groups is 1. The maximum Gasteiger partial charge on any atom is 0.251 e. The van der Waals surface area contributed by atoms with E-state index in [1.54, 1.807) is 0 Å². The minimum absolute atomic E-state index is 0.0200. The Hall–Kier alpha value is -1.47. The Morgan fingerprint density at radius 3 is 2.64 bits per heavy atom. The fraction of sp³-hybridized carbons (Fsp3) is 0.533. The van der Waals surface area contributed by atoms with Crippen LogP contribution in [-0.2, 0) is 10.0 Å². The molecule has 0 aliphatic carbocycles. The molecule has 7 heteroatoms. The summed E-state index contributed by atoms with van der Waals surface area (Å²) < 4.78 is 38.9. The molecule has 122 valence electrons. The second-order valence-corrected chi connectivity index (χ2v) is 7.58. The molecule has 1 aromatic rings. The van der Waals surface area contributed by atoms with Crippen molar-refractivity contribution in [3.05, 3.63) is 35.6 Å². The summed E-state index contributed by atoms with van der Waals surface area (Å²) in [5.74, 6) is -0.940. The molecule has 22 heavy (non-hydrogen) atoms. The van der Waals surface area contributed by atoms with Gasteiger partial charge in [-0.2, -0.15) is 4.31 Å². The highest BCUT2D eigenvalue weighted by atomic mass is 32.2. The summed E-state index contributed by atoms with van der Waals surface area (Å²) in [6.45, 7) is 2.50. The molecule has 0 unspecified atom stereocenters. The van der Waals surface area contributed by atoms with E-state index in [2.05, 4.69) is 5.32 Å². The third-order valence-electron chi connectivity index (χ3n) is 3.85. The monoisotopic (exact) mass is 328 g/mol. The van der Waals surface area contributed by atoms with Gasteiger partial charge in [0.2, 0.25) is 10.0 Å². The number of piperidine rings is 1. The van der Waals surface area contributed by atoms with Gasteiger partial charge in [-0.3, -0.25) is 4.79 Å². The van der Waals surface area contributed by atoms with Gasteiger partial charge in [-0.15, -0.1) is 0 Å². The average molecular weight is 328 g/mol. The van der Waals surface area contributed by atoms with E-state index in [0.717, 1.165) is 19.3 Å². The van der Waals surface area contributed by atoms with Gasteiger partial charge in [0.15, 0.2) is 0 Å². The number of nitrogens with zero attached hydrogens (tertiary/aromatic N) is 1. The first-order chi connectivity index (χ1) is 10.4. The number of carbonyl (C=O) groups excluding carboxylic acids is 1. The van der Waals surface area contributed by atoms with Crippen LogP contribution in [0.2, 0.25) is 0 Å². The minimum atomic E-state index is -3.36. The van der Waals surface area contributed by atoms with Crippen LogP contribution in [0.4, 0.5) is 4.39 Å². The third kappa shape index (κ3) is 4.27. The van der Waals surface area contributed by atoms with Crippen LogP contribution in [-0.4, -0.2) is 43.5 Å². The van der Waals surface area contributed by atoms with Gasteiger partial charge in [0, 0.05) is 24.7 Å². The van der Waals surface area contributed by atoms with E-state index in [1.165, 1.54) is 28.6 Å². The first-order valence-electron chi connectivity index (χ1n) is 7.43. The van der Waals surface area contributed by atoms with Gasteiger partial charge < -0.3 is 5.32 Å². The molecule has 1 amide bonds. The number of rotatable bonds is 5. The molecule has 5 nitrogen and oxygen atoms in total. The number of hydrogen-bond donors (Lipinski definition) is 1. The summed E-state index contributed by atoms with van der Waals surface area (Å²) in [5.41, 5.74) is 0.310. The van der Waals surface area contributed by atoms with Crippen molar-refractivity contribution in [1.29, 1.82) is 0 Å². The van der Waals surface area contributed by atoms with E-state index in [1.807, 2.05) is 6.92 Å². The third-order valence-corrected chi connectivity index (χ3v) is 5.83. The lowest BCUT2D eigenvalue weighted by molar-refractivity contribution is 0.0956. The molecule has 0 bridgehead atoms. The van der Waals surface area contributed by atoms with Crippen molar-refractivity contribution in [1.82, 2.24) is 9.62 Å². The van der Waals surface area contributed by atoms with Crippen molar-refractivity contribution in [2.45, 2.75) is 32.2 Å². The van der Waals surface area contributed by atoms with E-state index in [9.17, 15) is 17.6 Å². The van der Waals surface area contributed by atoms with Gasteiger partial charge in [0.1, 0.15) is 5.82 Å². The van der Waals surface area contributed by atoms with Crippen LogP contribution in [0, 0.1) is 5.82 Å². The van der Waals surface area contributed by atoms with Gasteiger partial charge >= 0.3 is 0 Å². The van der Waals surface area contributed by atoms with Crippen LogP contribution in [0.1, 0.15) is 36.5 Å². The molecule has 1 aliphatic heterocycles. The normalized spacial score (nSPS) is 19.8. The highest BCUT2D eigenvalue weighted by molar-refractivity contribution is 7.89. The van der Waals surface area contributed by atoms with Gasteiger partial charge in [-0.05, 0) is 44.0 Å². The Bertz CT molecular complexity index is 616. The Morgan fingerprint density at radius 2 is 2.00 bits per heavy atom. The second-order valence-electron chi connectivity index (χ2n) is 5.53. The lowest BCUT2D eigenvalue weighted by atomic mass is 10.1. The molecule has 1 aliphatic rings. The van der Waals surface area contributed by atoms with Crippen molar-refractivity contribution >= 4 is 15.9 Å². The van der Waals surface area contributed by atoms with E-state index >= 15 is 0 Å². The number of halogens is 1. The molecule has 0 saturated carbocycles.